The van der Waals surface area contributed by atoms with Gasteiger partial charge >= 0.3 is 0 Å². The van der Waals surface area contributed by atoms with Gasteiger partial charge in [-0.25, -0.2) is 4.98 Å². The van der Waals surface area contributed by atoms with Crippen LogP contribution >= 0.6 is 0 Å². The second kappa shape index (κ2) is 9.44. The molecule has 0 atom stereocenters. The molecule has 1 saturated heterocycles. The van der Waals surface area contributed by atoms with Crippen molar-refractivity contribution in [2.45, 2.75) is 0 Å². The number of hydrogen-bond donors (Lipinski definition) is 2. The number of morpholine rings is 1. The Hall–Kier alpha value is -1.70. The Morgan fingerprint density at radius 3 is 2.74 bits per heavy atom. The van der Waals surface area contributed by atoms with Crippen molar-refractivity contribution in [3.8, 4) is 0 Å². The van der Waals surface area contributed by atoms with Gasteiger partial charge < -0.3 is 20.3 Å². The summed E-state index contributed by atoms with van der Waals surface area (Å²) in [6.07, 6.45) is 1.61. The van der Waals surface area contributed by atoms with Gasteiger partial charge in [-0.15, -0.1) is 0 Å². The molecule has 0 bridgehead atoms. The van der Waals surface area contributed by atoms with Crippen LogP contribution in [0.4, 0.5) is 5.82 Å². The van der Waals surface area contributed by atoms with Crippen molar-refractivity contribution in [3.63, 3.8) is 0 Å². The number of anilines is 1. The molecule has 1 aliphatic heterocycles. The Bertz CT molecular complexity index is 472. The van der Waals surface area contributed by atoms with Crippen LogP contribution in [-0.2, 0) is 4.74 Å². The van der Waals surface area contributed by atoms with Gasteiger partial charge in [0.25, 0.3) is 5.91 Å². The van der Waals surface area contributed by atoms with E-state index in [-0.39, 0.29) is 5.91 Å². The minimum Gasteiger partial charge on any atom is -0.379 e. The Morgan fingerprint density at radius 1 is 1.30 bits per heavy atom. The number of nitrogens with one attached hydrogen (secondary N) is 2. The van der Waals surface area contributed by atoms with Gasteiger partial charge in [-0.3, -0.25) is 9.69 Å². The number of rotatable bonds is 8. The molecule has 1 aromatic heterocycles. The number of carbonyl (C=O) groups is 1. The highest BCUT2D eigenvalue weighted by atomic mass is 16.5. The molecule has 128 valence electrons. The molecule has 7 heteroatoms. The molecule has 0 unspecified atom stereocenters. The van der Waals surface area contributed by atoms with Gasteiger partial charge in [0.15, 0.2) is 0 Å². The summed E-state index contributed by atoms with van der Waals surface area (Å²) in [5, 5.41) is 6.16. The topological polar surface area (TPSA) is 69.7 Å². The summed E-state index contributed by atoms with van der Waals surface area (Å²) in [5.41, 5.74) is 0.588. The third-order valence-corrected chi connectivity index (χ3v) is 3.71. The van der Waals surface area contributed by atoms with E-state index in [1.165, 1.54) is 0 Å². The maximum absolute atomic E-state index is 12.1. The highest BCUT2D eigenvalue weighted by Gasteiger charge is 2.11. The van der Waals surface area contributed by atoms with Crippen molar-refractivity contribution < 1.29 is 9.53 Å². The molecule has 7 nitrogen and oxygen atoms in total. The maximum Gasteiger partial charge on any atom is 0.252 e. The summed E-state index contributed by atoms with van der Waals surface area (Å²) in [6.45, 7) is 6.68. The molecule has 2 rings (SSSR count). The third kappa shape index (κ3) is 6.52. The zero-order valence-corrected chi connectivity index (χ0v) is 14.0. The Balaban J connectivity index is 1.69. The molecule has 2 N–H and O–H groups in total. The van der Waals surface area contributed by atoms with E-state index in [9.17, 15) is 4.79 Å². The van der Waals surface area contributed by atoms with Crippen molar-refractivity contribution in [2.24, 2.45) is 0 Å². The first kappa shape index (κ1) is 17.7. The molecule has 1 aliphatic rings. The first-order valence-corrected chi connectivity index (χ1v) is 8.08. The van der Waals surface area contributed by atoms with Crippen LogP contribution in [0.15, 0.2) is 18.3 Å². The average Bonchev–Trinajstić information content (AvgIpc) is 2.56. The summed E-state index contributed by atoms with van der Waals surface area (Å²) in [7, 11) is 4.05. The monoisotopic (exact) mass is 321 g/mol. The summed E-state index contributed by atoms with van der Waals surface area (Å²) >= 11 is 0. The lowest BCUT2D eigenvalue weighted by atomic mass is 10.2. The second-order valence-electron chi connectivity index (χ2n) is 5.87. The molecule has 0 spiro atoms. The van der Waals surface area contributed by atoms with Crippen molar-refractivity contribution >= 4 is 11.7 Å². The van der Waals surface area contributed by atoms with Crippen LogP contribution in [0, 0.1) is 0 Å². The zero-order valence-electron chi connectivity index (χ0n) is 14.0. The standard InChI is InChI=1S/C16H27N5O2/c1-20(2)7-5-17-15-4-3-14(13-19-15)16(22)18-6-8-21-9-11-23-12-10-21/h3-4,13H,5-12H2,1-2H3,(H,17,19)(H,18,22). The van der Waals surface area contributed by atoms with Crippen LogP contribution in [0.1, 0.15) is 10.4 Å². The number of nitrogens with zero attached hydrogens (tertiary/aromatic N) is 3. The lowest BCUT2D eigenvalue weighted by Crippen LogP contribution is -2.41. The van der Waals surface area contributed by atoms with E-state index >= 15 is 0 Å². The molecule has 0 aromatic carbocycles. The minimum atomic E-state index is -0.0781. The fraction of sp³-hybridized carbons (Fsp3) is 0.625. The molecule has 0 saturated carbocycles. The molecule has 23 heavy (non-hydrogen) atoms. The van der Waals surface area contributed by atoms with Crippen LogP contribution in [0.5, 0.6) is 0 Å². The summed E-state index contributed by atoms with van der Waals surface area (Å²) in [4.78, 5) is 20.7. The molecular formula is C16H27N5O2. The van der Waals surface area contributed by atoms with Gasteiger partial charge in [0, 0.05) is 45.5 Å². The summed E-state index contributed by atoms with van der Waals surface area (Å²) in [6, 6.07) is 3.64. The smallest absolute Gasteiger partial charge is 0.252 e. The van der Waals surface area contributed by atoms with E-state index in [4.69, 9.17) is 4.74 Å². The van der Waals surface area contributed by atoms with Gasteiger partial charge in [0.05, 0.1) is 18.8 Å². The van der Waals surface area contributed by atoms with Crippen molar-refractivity contribution in [2.75, 3.05) is 71.9 Å². The van der Waals surface area contributed by atoms with E-state index in [0.29, 0.717) is 12.1 Å². The number of aromatic nitrogens is 1. The highest BCUT2D eigenvalue weighted by Crippen LogP contribution is 2.05. The van der Waals surface area contributed by atoms with Gasteiger partial charge in [-0.1, -0.05) is 0 Å². The third-order valence-electron chi connectivity index (χ3n) is 3.71. The SMILES string of the molecule is CN(C)CCNc1ccc(C(=O)NCCN2CCOCC2)cn1. The largest absolute Gasteiger partial charge is 0.379 e. The number of carbonyl (C=O) groups excluding carboxylic acids is 1. The first-order chi connectivity index (χ1) is 11.1. The van der Waals surface area contributed by atoms with Gasteiger partial charge in [0.1, 0.15) is 5.82 Å². The molecular weight excluding hydrogens is 294 g/mol. The fourth-order valence-electron chi connectivity index (χ4n) is 2.29. The normalized spacial score (nSPS) is 15.6. The minimum absolute atomic E-state index is 0.0781. The van der Waals surface area contributed by atoms with Gasteiger partial charge in [0.2, 0.25) is 0 Å². The second-order valence-corrected chi connectivity index (χ2v) is 5.87. The Kier molecular flexibility index (Phi) is 7.25. The number of amides is 1. The number of hydrogen-bond acceptors (Lipinski definition) is 6. The summed E-state index contributed by atoms with van der Waals surface area (Å²) in [5.74, 6) is 0.710. The molecule has 1 fully saturated rings. The first-order valence-electron chi connectivity index (χ1n) is 8.08. The molecule has 1 aromatic rings. The van der Waals surface area contributed by atoms with E-state index < -0.39 is 0 Å². The molecule has 0 aliphatic carbocycles. The molecule has 1 amide bonds. The van der Waals surface area contributed by atoms with Crippen LogP contribution < -0.4 is 10.6 Å². The predicted molar refractivity (Wildman–Crippen MR) is 90.9 cm³/mol. The fourth-order valence-corrected chi connectivity index (χ4v) is 2.29. The number of likely N-dealkylation sites (N-methyl/N-ethyl adjacent to an activating group) is 1. The van der Waals surface area contributed by atoms with E-state index in [0.717, 1.165) is 51.8 Å². The van der Waals surface area contributed by atoms with E-state index in [1.807, 2.05) is 20.2 Å². The maximum atomic E-state index is 12.1. The highest BCUT2D eigenvalue weighted by molar-refractivity contribution is 5.94. The molecule has 0 radical (unpaired) electrons. The van der Waals surface area contributed by atoms with Crippen LogP contribution in [0.2, 0.25) is 0 Å². The number of ether oxygens (including phenoxy) is 1. The quantitative estimate of drug-likeness (QED) is 0.709. The zero-order chi connectivity index (χ0) is 16.5. The van der Waals surface area contributed by atoms with Gasteiger partial charge in [-0.2, -0.15) is 0 Å². The lowest BCUT2D eigenvalue weighted by Gasteiger charge is -2.26. The van der Waals surface area contributed by atoms with Crippen LogP contribution in [0.25, 0.3) is 0 Å². The van der Waals surface area contributed by atoms with E-state index in [1.54, 1.807) is 12.3 Å². The van der Waals surface area contributed by atoms with Gasteiger partial charge in [-0.05, 0) is 26.2 Å². The van der Waals surface area contributed by atoms with Crippen molar-refractivity contribution in [1.82, 2.24) is 20.1 Å². The average molecular weight is 321 g/mol. The number of pyridine rings is 1. The van der Waals surface area contributed by atoms with Crippen molar-refractivity contribution in [1.29, 1.82) is 0 Å². The molecule has 2 heterocycles. The Labute approximate surface area is 138 Å². The predicted octanol–water partition coefficient (Wildman–Crippen LogP) is 0.117. The summed E-state index contributed by atoms with van der Waals surface area (Å²) < 4.78 is 5.30. The van der Waals surface area contributed by atoms with Crippen LogP contribution in [-0.4, -0.2) is 87.3 Å². The van der Waals surface area contributed by atoms with E-state index in [2.05, 4.69) is 25.4 Å². The van der Waals surface area contributed by atoms with Crippen LogP contribution in [0.3, 0.4) is 0 Å². The van der Waals surface area contributed by atoms with Crippen molar-refractivity contribution in [3.05, 3.63) is 23.9 Å². The lowest BCUT2D eigenvalue weighted by molar-refractivity contribution is 0.0383. The Morgan fingerprint density at radius 2 is 2.09 bits per heavy atom.